The van der Waals surface area contributed by atoms with Crippen molar-refractivity contribution in [3.8, 4) is 0 Å². The maximum absolute atomic E-state index is 5.99. The van der Waals surface area contributed by atoms with Gasteiger partial charge in [-0.15, -0.1) is 23.2 Å². The number of alkyl halides is 4. The molecule has 0 aromatic heterocycles. The minimum atomic E-state index is 0.598. The Morgan fingerprint density at radius 2 is 1.31 bits per heavy atom. The minimum absolute atomic E-state index is 0.598. The molecule has 0 heterocycles. The Morgan fingerprint density at radius 3 is 1.62 bits per heavy atom. The quantitative estimate of drug-likeness (QED) is 0.663. The molecule has 2 aliphatic carbocycles. The molecular weight excluding hydrogens is 339 g/mol. The first-order chi connectivity index (χ1) is 6.20. The van der Waals surface area contributed by atoms with E-state index in [0.717, 1.165) is 23.6 Å². The second-order valence-corrected chi connectivity index (χ2v) is 6.82. The minimum Gasteiger partial charge on any atom is -0.126 e. The van der Waals surface area contributed by atoms with Crippen LogP contribution in [-0.4, -0.2) is 21.4 Å². The fraction of sp³-hybridized carbons (Fsp3) is 1.00. The fourth-order valence-corrected chi connectivity index (χ4v) is 5.88. The lowest BCUT2D eigenvalue weighted by atomic mass is 9.81. The molecule has 0 nitrogen and oxygen atoms in total. The average Bonchev–Trinajstić information content (AvgIpc) is 2.63. The van der Waals surface area contributed by atoms with E-state index in [1.54, 1.807) is 0 Å². The topological polar surface area (TPSA) is 0 Å². The molecule has 2 saturated carbocycles. The number of hydrogen-bond acceptors (Lipinski definition) is 0. The Hall–Kier alpha value is 1.54. The summed E-state index contributed by atoms with van der Waals surface area (Å²) in [6.45, 7) is 0. The van der Waals surface area contributed by atoms with Crippen LogP contribution in [0.5, 0.6) is 0 Å². The highest BCUT2D eigenvalue weighted by atomic mass is 79.9. The summed E-state index contributed by atoms with van der Waals surface area (Å²) in [6.07, 6.45) is 1.29. The van der Waals surface area contributed by atoms with Crippen molar-refractivity contribution >= 4 is 55.1 Å². The molecule has 6 atom stereocenters. The van der Waals surface area contributed by atoms with Crippen molar-refractivity contribution in [3.63, 3.8) is 0 Å². The Kier molecular flexibility index (Phi) is 3.56. The molecule has 4 unspecified atom stereocenters. The molecule has 76 valence electrons. The van der Waals surface area contributed by atoms with Gasteiger partial charge in [-0.25, -0.2) is 0 Å². The van der Waals surface area contributed by atoms with Crippen LogP contribution in [0, 0.1) is 23.7 Å². The van der Waals surface area contributed by atoms with Gasteiger partial charge in [0.05, 0.1) is 0 Å². The van der Waals surface area contributed by atoms with Gasteiger partial charge in [0.2, 0.25) is 0 Å². The van der Waals surface area contributed by atoms with Crippen molar-refractivity contribution in [2.45, 2.75) is 16.1 Å². The van der Waals surface area contributed by atoms with Crippen molar-refractivity contribution in [1.82, 2.24) is 0 Å². The van der Waals surface area contributed by atoms with Crippen molar-refractivity contribution in [3.05, 3.63) is 0 Å². The van der Waals surface area contributed by atoms with Gasteiger partial charge >= 0.3 is 0 Å². The Balaban J connectivity index is 2.17. The van der Waals surface area contributed by atoms with Crippen molar-refractivity contribution in [2.75, 3.05) is 11.8 Å². The smallest absolute Gasteiger partial charge is 0.0305 e. The third-order valence-corrected chi connectivity index (χ3v) is 7.59. The lowest BCUT2D eigenvalue weighted by Crippen LogP contribution is -2.37. The van der Waals surface area contributed by atoms with Gasteiger partial charge in [-0.2, -0.15) is 0 Å². The van der Waals surface area contributed by atoms with Gasteiger partial charge < -0.3 is 0 Å². The van der Waals surface area contributed by atoms with E-state index in [-0.39, 0.29) is 0 Å². The Bertz CT molecular complexity index is 176. The van der Waals surface area contributed by atoms with Gasteiger partial charge in [-0.3, -0.25) is 0 Å². The van der Waals surface area contributed by atoms with Crippen LogP contribution in [0.2, 0.25) is 0 Å². The predicted octanol–water partition coefficient (Wildman–Crippen LogP) is 3.87. The molecule has 0 amide bonds. The van der Waals surface area contributed by atoms with Crippen molar-refractivity contribution in [2.24, 2.45) is 23.7 Å². The van der Waals surface area contributed by atoms with Crippen LogP contribution in [-0.2, 0) is 0 Å². The average molecular weight is 351 g/mol. The van der Waals surface area contributed by atoms with Gasteiger partial charge in [0.1, 0.15) is 0 Å². The van der Waals surface area contributed by atoms with Crippen LogP contribution in [0.1, 0.15) is 6.42 Å². The maximum atomic E-state index is 5.99. The molecule has 0 N–H and O–H groups in total. The first kappa shape index (κ1) is 11.0. The summed E-state index contributed by atoms with van der Waals surface area (Å²) in [5.74, 6) is 4.25. The molecule has 13 heavy (non-hydrogen) atoms. The Morgan fingerprint density at radius 1 is 0.923 bits per heavy atom. The molecule has 0 aromatic carbocycles. The van der Waals surface area contributed by atoms with Crippen LogP contribution in [0.3, 0.4) is 0 Å². The van der Waals surface area contributed by atoms with E-state index in [1.807, 2.05) is 0 Å². The van der Waals surface area contributed by atoms with Crippen LogP contribution < -0.4 is 0 Å². The van der Waals surface area contributed by atoms with Crippen molar-refractivity contribution < 1.29 is 0 Å². The summed E-state index contributed by atoms with van der Waals surface area (Å²) in [5.41, 5.74) is 0. The summed E-state index contributed by atoms with van der Waals surface area (Å²) in [5, 5.41) is 0. The second kappa shape index (κ2) is 4.19. The second-order valence-electron chi connectivity index (χ2n) is 4.09. The summed E-state index contributed by atoms with van der Waals surface area (Å²) in [6, 6.07) is 0. The van der Waals surface area contributed by atoms with E-state index in [4.69, 9.17) is 23.2 Å². The van der Waals surface area contributed by atoms with Gasteiger partial charge in [-0.05, 0) is 30.1 Å². The molecule has 2 aliphatic rings. The number of fused-ring (bicyclic) bond motifs is 2. The van der Waals surface area contributed by atoms with E-state index in [0.29, 0.717) is 21.5 Å². The molecular formula is C9H12Br2Cl2. The first-order valence-corrected chi connectivity index (χ1v) is 7.50. The molecule has 2 bridgehead atoms. The highest BCUT2D eigenvalue weighted by Gasteiger charge is 2.55. The van der Waals surface area contributed by atoms with E-state index < -0.39 is 0 Å². The molecule has 4 heteroatoms. The predicted molar refractivity (Wildman–Crippen MR) is 65.4 cm³/mol. The molecule has 0 spiro atoms. The molecule has 2 rings (SSSR count). The SMILES string of the molecule is ClCC1C(CCl)[C@H]2C[C@@H]1C(Br)C2Br. The highest BCUT2D eigenvalue weighted by Crippen LogP contribution is 2.57. The fourth-order valence-electron chi connectivity index (χ4n) is 2.96. The zero-order chi connectivity index (χ0) is 9.59. The lowest BCUT2D eigenvalue weighted by molar-refractivity contribution is 0.284. The van der Waals surface area contributed by atoms with E-state index in [1.165, 1.54) is 6.42 Å². The maximum Gasteiger partial charge on any atom is 0.0305 e. The van der Waals surface area contributed by atoms with Crippen LogP contribution in [0.15, 0.2) is 0 Å². The summed E-state index contributed by atoms with van der Waals surface area (Å²) < 4.78 is 0. The molecule has 0 saturated heterocycles. The van der Waals surface area contributed by atoms with Crippen LogP contribution >= 0.6 is 55.1 Å². The summed E-state index contributed by atoms with van der Waals surface area (Å²) in [4.78, 5) is 1.20. The van der Waals surface area contributed by atoms with Gasteiger partial charge in [0.25, 0.3) is 0 Å². The van der Waals surface area contributed by atoms with Gasteiger partial charge in [-0.1, -0.05) is 31.9 Å². The Labute approximate surface area is 106 Å². The van der Waals surface area contributed by atoms with Gasteiger partial charge in [0.15, 0.2) is 0 Å². The van der Waals surface area contributed by atoms with Crippen LogP contribution in [0.25, 0.3) is 0 Å². The third kappa shape index (κ3) is 1.60. The molecule has 2 fully saturated rings. The zero-order valence-corrected chi connectivity index (χ0v) is 11.8. The standard InChI is InChI=1S/C9H12Br2Cl2/c10-8-4-1-5(9(8)11)7(3-13)6(4)2-12/h4-9H,1-3H2/t4-,5+,6?,7?,8?,9?. The first-order valence-electron chi connectivity index (χ1n) is 4.60. The third-order valence-electron chi connectivity index (χ3n) is 3.67. The monoisotopic (exact) mass is 348 g/mol. The van der Waals surface area contributed by atoms with E-state index in [2.05, 4.69) is 31.9 Å². The van der Waals surface area contributed by atoms with Crippen LogP contribution in [0.4, 0.5) is 0 Å². The van der Waals surface area contributed by atoms with E-state index >= 15 is 0 Å². The molecule has 0 radical (unpaired) electrons. The number of hydrogen-bond donors (Lipinski definition) is 0. The normalized spacial score (nSPS) is 54.5. The largest absolute Gasteiger partial charge is 0.126 e. The van der Waals surface area contributed by atoms with Crippen molar-refractivity contribution in [1.29, 1.82) is 0 Å². The molecule has 0 aromatic rings. The van der Waals surface area contributed by atoms with Gasteiger partial charge in [0, 0.05) is 21.4 Å². The molecule has 0 aliphatic heterocycles. The summed E-state index contributed by atoms with van der Waals surface area (Å²) in [7, 11) is 0. The zero-order valence-electron chi connectivity index (χ0n) is 7.10. The highest BCUT2D eigenvalue weighted by molar-refractivity contribution is 9.12. The van der Waals surface area contributed by atoms with E-state index in [9.17, 15) is 0 Å². The summed E-state index contributed by atoms with van der Waals surface area (Å²) >= 11 is 19.5. The lowest BCUT2D eigenvalue weighted by Gasteiger charge is -2.34. The number of halogens is 4. The number of rotatable bonds is 2.